The van der Waals surface area contributed by atoms with Crippen molar-refractivity contribution in [2.45, 2.75) is 5.41 Å². The number of fused-ring (bicyclic) bond motifs is 1. The van der Waals surface area contributed by atoms with Crippen molar-refractivity contribution in [2.75, 3.05) is 0 Å². The van der Waals surface area contributed by atoms with Crippen molar-refractivity contribution in [1.82, 2.24) is 0 Å². The topological polar surface area (TPSA) is 0 Å². The fourth-order valence-corrected chi connectivity index (χ4v) is 4.85. The van der Waals surface area contributed by atoms with E-state index in [2.05, 4.69) is 0 Å². The SMILES string of the molecule is Fc1c(F)c(F)c2c(C(c3ccccc3)(c3ccccc3)c3ccccc3)c(F)c(F)c(F)c2c1F. The fraction of sp³-hybridized carbons (Fsp3) is 0.0345. The summed E-state index contributed by atoms with van der Waals surface area (Å²) in [7, 11) is 0. The van der Waals surface area contributed by atoms with Gasteiger partial charge in [0.2, 0.25) is 0 Å². The smallest absolute Gasteiger partial charge is 0.198 e. The molecule has 7 heteroatoms. The Hall–Kier alpha value is -4.13. The lowest BCUT2D eigenvalue weighted by atomic mass is 9.63. The van der Waals surface area contributed by atoms with Gasteiger partial charge in [0.15, 0.2) is 40.7 Å². The summed E-state index contributed by atoms with van der Waals surface area (Å²) in [5.74, 6) is -15.0. The van der Waals surface area contributed by atoms with Crippen LogP contribution in [0, 0.1) is 40.7 Å². The summed E-state index contributed by atoms with van der Waals surface area (Å²) in [4.78, 5) is 0. The van der Waals surface area contributed by atoms with Gasteiger partial charge in [-0.3, -0.25) is 0 Å². The van der Waals surface area contributed by atoms with Crippen LogP contribution in [-0.4, -0.2) is 0 Å². The van der Waals surface area contributed by atoms with E-state index in [0.717, 1.165) is 0 Å². The van der Waals surface area contributed by atoms with E-state index in [1.807, 2.05) is 0 Å². The molecule has 5 aromatic rings. The van der Waals surface area contributed by atoms with Crippen LogP contribution in [0.4, 0.5) is 30.7 Å². The number of rotatable bonds is 4. The summed E-state index contributed by atoms with van der Waals surface area (Å²) in [6.07, 6.45) is 0. The monoisotopic (exact) mass is 496 g/mol. The molecule has 0 aliphatic carbocycles. The van der Waals surface area contributed by atoms with Crippen LogP contribution in [0.25, 0.3) is 10.8 Å². The van der Waals surface area contributed by atoms with Crippen molar-refractivity contribution in [3.05, 3.63) is 154 Å². The number of halogens is 7. The van der Waals surface area contributed by atoms with Gasteiger partial charge in [0, 0.05) is 10.9 Å². The lowest BCUT2D eigenvalue weighted by Gasteiger charge is -2.38. The Kier molecular flexibility index (Phi) is 5.79. The Morgan fingerprint density at radius 3 is 1.00 bits per heavy atom. The van der Waals surface area contributed by atoms with Gasteiger partial charge in [-0.1, -0.05) is 91.0 Å². The van der Waals surface area contributed by atoms with E-state index in [9.17, 15) is 17.6 Å². The molecule has 5 aromatic carbocycles. The highest BCUT2D eigenvalue weighted by Gasteiger charge is 2.45. The van der Waals surface area contributed by atoms with Crippen LogP contribution in [0.15, 0.2) is 91.0 Å². The minimum atomic E-state index is -2.33. The molecule has 0 aliphatic heterocycles. The van der Waals surface area contributed by atoms with Gasteiger partial charge in [-0.25, -0.2) is 30.7 Å². The van der Waals surface area contributed by atoms with Crippen molar-refractivity contribution in [3.63, 3.8) is 0 Å². The van der Waals surface area contributed by atoms with Gasteiger partial charge >= 0.3 is 0 Å². The second-order valence-corrected chi connectivity index (χ2v) is 8.17. The number of hydrogen-bond donors (Lipinski definition) is 0. The zero-order valence-corrected chi connectivity index (χ0v) is 18.3. The molecular formula is C29H15F7. The Labute approximate surface area is 201 Å². The zero-order chi connectivity index (χ0) is 25.6. The Bertz CT molecular complexity index is 1480. The number of benzene rings is 5. The molecule has 0 amide bonds. The second kappa shape index (κ2) is 8.82. The van der Waals surface area contributed by atoms with Gasteiger partial charge in [0.05, 0.1) is 10.8 Å². The zero-order valence-electron chi connectivity index (χ0n) is 18.3. The van der Waals surface area contributed by atoms with Crippen molar-refractivity contribution in [2.24, 2.45) is 0 Å². The molecule has 0 fully saturated rings. The van der Waals surface area contributed by atoms with Crippen LogP contribution >= 0.6 is 0 Å². The summed E-state index contributed by atoms with van der Waals surface area (Å²) in [5.41, 5.74) is -2.04. The Morgan fingerprint density at radius 2 is 0.639 bits per heavy atom. The minimum Gasteiger partial charge on any atom is -0.203 e. The maximum Gasteiger partial charge on any atom is 0.198 e. The van der Waals surface area contributed by atoms with E-state index in [-0.39, 0.29) is 16.7 Å². The summed E-state index contributed by atoms with van der Waals surface area (Å²) in [6, 6.07) is 23.8. The Morgan fingerprint density at radius 1 is 0.333 bits per heavy atom. The van der Waals surface area contributed by atoms with Gasteiger partial charge in [-0.2, -0.15) is 0 Å². The summed E-state index contributed by atoms with van der Waals surface area (Å²) < 4.78 is 105. The average Bonchev–Trinajstić information content (AvgIpc) is 2.92. The first-order chi connectivity index (χ1) is 17.3. The van der Waals surface area contributed by atoms with Crippen LogP contribution in [0.1, 0.15) is 22.3 Å². The van der Waals surface area contributed by atoms with Crippen molar-refractivity contribution in [3.8, 4) is 0 Å². The molecule has 0 nitrogen and oxygen atoms in total. The van der Waals surface area contributed by atoms with Crippen LogP contribution < -0.4 is 0 Å². The highest BCUT2D eigenvalue weighted by atomic mass is 19.2. The van der Waals surface area contributed by atoms with Crippen LogP contribution in [0.5, 0.6) is 0 Å². The highest BCUT2D eigenvalue weighted by molar-refractivity contribution is 5.91. The maximum atomic E-state index is 16.0. The third-order valence-electron chi connectivity index (χ3n) is 6.34. The van der Waals surface area contributed by atoms with Crippen molar-refractivity contribution < 1.29 is 30.7 Å². The molecule has 0 saturated carbocycles. The van der Waals surface area contributed by atoms with Crippen LogP contribution in [0.2, 0.25) is 0 Å². The van der Waals surface area contributed by atoms with E-state index in [0.29, 0.717) is 0 Å². The molecular weight excluding hydrogens is 481 g/mol. The molecule has 0 unspecified atom stereocenters. The molecule has 0 heterocycles. The highest BCUT2D eigenvalue weighted by Crippen LogP contribution is 2.50. The standard InChI is InChI=1S/C29H15F7/c30-22-19-20(24(32)28(36)27(22)35)23(31)26(34)25(33)21(19)29(16-10-4-1-5-11-16,17-12-6-2-7-13-17)18-14-8-3-9-15-18/h1-15H. The first kappa shape index (κ1) is 23.6. The second-order valence-electron chi connectivity index (χ2n) is 8.17. The molecule has 0 spiro atoms. The maximum absolute atomic E-state index is 16.0. The van der Waals surface area contributed by atoms with Crippen molar-refractivity contribution in [1.29, 1.82) is 0 Å². The third-order valence-corrected chi connectivity index (χ3v) is 6.34. The normalized spacial score (nSPS) is 11.8. The fourth-order valence-electron chi connectivity index (χ4n) is 4.85. The van der Waals surface area contributed by atoms with Crippen LogP contribution in [0.3, 0.4) is 0 Å². The van der Waals surface area contributed by atoms with Gasteiger partial charge in [0.25, 0.3) is 0 Å². The predicted octanol–water partition coefficient (Wildman–Crippen LogP) is 8.20. The average molecular weight is 496 g/mol. The predicted molar refractivity (Wildman–Crippen MR) is 122 cm³/mol. The van der Waals surface area contributed by atoms with E-state index in [1.54, 1.807) is 91.0 Å². The van der Waals surface area contributed by atoms with E-state index >= 15 is 13.2 Å². The molecule has 36 heavy (non-hydrogen) atoms. The summed E-state index contributed by atoms with van der Waals surface area (Å²) in [6.45, 7) is 0. The van der Waals surface area contributed by atoms with Gasteiger partial charge < -0.3 is 0 Å². The van der Waals surface area contributed by atoms with E-state index in [1.165, 1.54) is 0 Å². The molecule has 0 aromatic heterocycles. The van der Waals surface area contributed by atoms with Gasteiger partial charge in [0.1, 0.15) is 0 Å². The molecule has 0 atom stereocenters. The molecule has 0 bridgehead atoms. The lowest BCUT2D eigenvalue weighted by molar-refractivity contribution is 0.407. The molecule has 0 radical (unpaired) electrons. The lowest BCUT2D eigenvalue weighted by Crippen LogP contribution is -2.33. The first-order valence-electron chi connectivity index (χ1n) is 10.8. The van der Waals surface area contributed by atoms with Gasteiger partial charge in [-0.15, -0.1) is 0 Å². The number of hydrogen-bond acceptors (Lipinski definition) is 0. The van der Waals surface area contributed by atoms with Gasteiger partial charge in [-0.05, 0) is 16.7 Å². The van der Waals surface area contributed by atoms with Crippen molar-refractivity contribution >= 4 is 10.8 Å². The molecule has 0 aliphatic rings. The molecule has 180 valence electrons. The summed E-state index contributed by atoms with van der Waals surface area (Å²) >= 11 is 0. The summed E-state index contributed by atoms with van der Waals surface area (Å²) in [5, 5.41) is -2.76. The Balaban J connectivity index is 2.16. The minimum absolute atomic E-state index is 0.262. The quantitative estimate of drug-likeness (QED) is 0.102. The molecule has 0 saturated heterocycles. The first-order valence-corrected chi connectivity index (χ1v) is 10.8. The van der Waals surface area contributed by atoms with E-state index in [4.69, 9.17) is 0 Å². The molecule has 5 rings (SSSR count). The third kappa shape index (κ3) is 3.22. The molecule has 0 N–H and O–H groups in total. The largest absolute Gasteiger partial charge is 0.203 e. The van der Waals surface area contributed by atoms with E-state index < -0.39 is 62.5 Å². The van der Waals surface area contributed by atoms with Crippen LogP contribution in [-0.2, 0) is 5.41 Å².